The predicted molar refractivity (Wildman–Crippen MR) is 64.6 cm³/mol. The predicted octanol–water partition coefficient (Wildman–Crippen LogP) is 1.26. The van der Waals surface area contributed by atoms with Crippen LogP contribution in [0.15, 0.2) is 29.4 Å². The summed E-state index contributed by atoms with van der Waals surface area (Å²) < 4.78 is 26.1. The van der Waals surface area contributed by atoms with Crippen LogP contribution >= 0.6 is 0 Å². The third-order valence-electron chi connectivity index (χ3n) is 2.61. The number of sulfonamides is 1. The van der Waals surface area contributed by atoms with Crippen LogP contribution in [0.2, 0.25) is 0 Å². The highest BCUT2D eigenvalue weighted by Crippen LogP contribution is 2.31. The van der Waals surface area contributed by atoms with Crippen molar-refractivity contribution in [3.63, 3.8) is 0 Å². The van der Waals surface area contributed by atoms with Gasteiger partial charge in [-0.15, -0.1) is 5.92 Å². The minimum Gasteiger partial charge on any atom is -0.263 e. The van der Waals surface area contributed by atoms with Gasteiger partial charge in [0, 0.05) is 18.4 Å². The number of pyridine rings is 1. The standard InChI is InChI=1S/C12H14N2O2S/c1-2-3-9-14(11-6-7-11)17(15,16)12-5-4-8-13-10-12/h4-5,8,10-11H,6-7,9H2,1H3. The van der Waals surface area contributed by atoms with Gasteiger partial charge in [-0.1, -0.05) is 5.92 Å². The highest BCUT2D eigenvalue weighted by molar-refractivity contribution is 7.89. The summed E-state index contributed by atoms with van der Waals surface area (Å²) in [5.41, 5.74) is 0. The molecule has 0 radical (unpaired) electrons. The lowest BCUT2D eigenvalue weighted by Crippen LogP contribution is -2.33. The molecule has 0 bridgehead atoms. The van der Waals surface area contributed by atoms with Crippen molar-refractivity contribution in [3.8, 4) is 11.8 Å². The summed E-state index contributed by atoms with van der Waals surface area (Å²) in [6, 6.07) is 3.31. The van der Waals surface area contributed by atoms with Gasteiger partial charge >= 0.3 is 0 Å². The zero-order valence-electron chi connectivity index (χ0n) is 9.63. The average Bonchev–Trinajstić information content (AvgIpc) is 3.15. The van der Waals surface area contributed by atoms with Gasteiger partial charge in [-0.2, -0.15) is 4.31 Å². The van der Waals surface area contributed by atoms with Crippen molar-refractivity contribution in [1.29, 1.82) is 0 Å². The second-order valence-electron chi connectivity index (χ2n) is 3.90. The fourth-order valence-corrected chi connectivity index (χ4v) is 3.12. The van der Waals surface area contributed by atoms with E-state index < -0.39 is 10.0 Å². The fourth-order valence-electron chi connectivity index (χ4n) is 1.56. The van der Waals surface area contributed by atoms with E-state index in [1.807, 2.05) is 0 Å². The molecule has 1 aromatic rings. The molecular formula is C12H14N2O2S. The van der Waals surface area contributed by atoms with Crippen molar-refractivity contribution < 1.29 is 8.42 Å². The maximum Gasteiger partial charge on any atom is 0.245 e. The van der Waals surface area contributed by atoms with E-state index in [4.69, 9.17) is 0 Å². The zero-order valence-corrected chi connectivity index (χ0v) is 10.4. The van der Waals surface area contributed by atoms with Crippen LogP contribution < -0.4 is 0 Å². The van der Waals surface area contributed by atoms with Gasteiger partial charge < -0.3 is 0 Å². The zero-order chi connectivity index (χ0) is 12.3. The Labute approximate surface area is 102 Å². The monoisotopic (exact) mass is 250 g/mol. The first kappa shape index (κ1) is 12.1. The van der Waals surface area contributed by atoms with Crippen LogP contribution in [0, 0.1) is 11.8 Å². The molecule has 0 aliphatic heterocycles. The molecule has 0 amide bonds. The van der Waals surface area contributed by atoms with Crippen molar-refractivity contribution in [2.45, 2.75) is 30.7 Å². The molecule has 1 aliphatic rings. The summed E-state index contributed by atoms with van der Waals surface area (Å²) >= 11 is 0. The van der Waals surface area contributed by atoms with Crippen LogP contribution in [0.5, 0.6) is 0 Å². The van der Waals surface area contributed by atoms with Gasteiger partial charge in [0.1, 0.15) is 4.90 Å². The van der Waals surface area contributed by atoms with Crippen molar-refractivity contribution >= 4 is 10.0 Å². The van der Waals surface area contributed by atoms with E-state index in [-0.39, 0.29) is 17.5 Å². The largest absolute Gasteiger partial charge is 0.263 e. The Morgan fingerprint density at radius 3 is 2.82 bits per heavy atom. The van der Waals surface area contributed by atoms with E-state index in [1.165, 1.54) is 10.5 Å². The number of nitrogens with zero attached hydrogens (tertiary/aromatic N) is 2. The first-order chi connectivity index (χ1) is 8.16. The van der Waals surface area contributed by atoms with Gasteiger partial charge in [0.05, 0.1) is 6.54 Å². The molecule has 1 heterocycles. The van der Waals surface area contributed by atoms with E-state index in [0.29, 0.717) is 0 Å². The van der Waals surface area contributed by atoms with E-state index in [2.05, 4.69) is 16.8 Å². The fraction of sp³-hybridized carbons (Fsp3) is 0.417. The van der Waals surface area contributed by atoms with E-state index in [0.717, 1.165) is 12.8 Å². The Balaban J connectivity index is 2.30. The molecule has 0 N–H and O–H groups in total. The normalized spacial score (nSPS) is 15.4. The topological polar surface area (TPSA) is 50.3 Å². The Morgan fingerprint density at radius 1 is 1.53 bits per heavy atom. The van der Waals surface area contributed by atoms with Gasteiger partial charge in [-0.05, 0) is 31.9 Å². The highest BCUT2D eigenvalue weighted by atomic mass is 32.2. The van der Waals surface area contributed by atoms with Gasteiger partial charge in [0.2, 0.25) is 10.0 Å². The van der Waals surface area contributed by atoms with Crippen LogP contribution in [0.3, 0.4) is 0 Å². The molecule has 1 fully saturated rings. The SMILES string of the molecule is CC#CCN(C1CC1)S(=O)(=O)c1cccnc1. The summed E-state index contributed by atoms with van der Waals surface area (Å²) in [5, 5.41) is 0. The second-order valence-corrected chi connectivity index (χ2v) is 5.79. The molecule has 0 spiro atoms. The Kier molecular flexibility index (Phi) is 3.46. The molecule has 1 aromatic heterocycles. The van der Waals surface area contributed by atoms with Gasteiger partial charge in [0.25, 0.3) is 0 Å². The lowest BCUT2D eigenvalue weighted by atomic mass is 10.5. The maximum atomic E-state index is 12.3. The molecule has 4 nitrogen and oxygen atoms in total. The van der Waals surface area contributed by atoms with E-state index in [1.54, 1.807) is 25.3 Å². The Bertz CT molecular complexity index is 539. The van der Waals surface area contributed by atoms with E-state index in [9.17, 15) is 8.42 Å². The quantitative estimate of drug-likeness (QED) is 0.756. The van der Waals surface area contributed by atoms with Crippen molar-refractivity contribution in [1.82, 2.24) is 9.29 Å². The summed E-state index contributed by atoms with van der Waals surface area (Å²) in [7, 11) is -3.44. The smallest absolute Gasteiger partial charge is 0.245 e. The van der Waals surface area contributed by atoms with Crippen LogP contribution in [0.25, 0.3) is 0 Å². The van der Waals surface area contributed by atoms with E-state index >= 15 is 0 Å². The van der Waals surface area contributed by atoms with Crippen LogP contribution in [-0.4, -0.2) is 30.3 Å². The van der Waals surface area contributed by atoms with Crippen molar-refractivity contribution in [2.75, 3.05) is 6.54 Å². The van der Waals surface area contributed by atoms with Gasteiger partial charge in [-0.25, -0.2) is 8.42 Å². The number of hydrogen-bond donors (Lipinski definition) is 0. The molecule has 1 aliphatic carbocycles. The maximum absolute atomic E-state index is 12.3. The number of aromatic nitrogens is 1. The first-order valence-electron chi connectivity index (χ1n) is 5.47. The first-order valence-corrected chi connectivity index (χ1v) is 6.91. The van der Waals surface area contributed by atoms with Crippen molar-refractivity contribution in [3.05, 3.63) is 24.5 Å². The third-order valence-corrected chi connectivity index (χ3v) is 4.49. The second kappa shape index (κ2) is 4.86. The molecule has 90 valence electrons. The lowest BCUT2D eigenvalue weighted by Gasteiger charge is -2.18. The van der Waals surface area contributed by atoms with Crippen molar-refractivity contribution in [2.24, 2.45) is 0 Å². The molecule has 0 atom stereocenters. The minimum atomic E-state index is -3.44. The number of rotatable bonds is 4. The molecular weight excluding hydrogens is 236 g/mol. The molecule has 5 heteroatoms. The Hall–Kier alpha value is -1.38. The molecule has 0 saturated heterocycles. The summed E-state index contributed by atoms with van der Waals surface area (Å²) in [6.45, 7) is 1.97. The minimum absolute atomic E-state index is 0.112. The highest BCUT2D eigenvalue weighted by Gasteiger charge is 2.37. The summed E-state index contributed by atoms with van der Waals surface area (Å²) in [5.74, 6) is 5.55. The summed E-state index contributed by atoms with van der Waals surface area (Å²) in [6.07, 6.45) is 4.78. The third kappa shape index (κ3) is 2.65. The molecule has 0 aromatic carbocycles. The van der Waals surface area contributed by atoms with Crippen LogP contribution in [0.1, 0.15) is 19.8 Å². The molecule has 0 unspecified atom stereocenters. The molecule has 1 saturated carbocycles. The molecule has 2 rings (SSSR count). The van der Waals surface area contributed by atoms with Gasteiger partial charge in [-0.3, -0.25) is 4.98 Å². The lowest BCUT2D eigenvalue weighted by molar-refractivity contribution is 0.440. The van der Waals surface area contributed by atoms with Crippen LogP contribution in [-0.2, 0) is 10.0 Å². The Morgan fingerprint density at radius 2 is 2.29 bits per heavy atom. The average molecular weight is 250 g/mol. The number of hydrogen-bond acceptors (Lipinski definition) is 3. The summed E-state index contributed by atoms with van der Waals surface area (Å²) in [4.78, 5) is 4.09. The van der Waals surface area contributed by atoms with Gasteiger partial charge in [0.15, 0.2) is 0 Å². The van der Waals surface area contributed by atoms with Crippen LogP contribution in [0.4, 0.5) is 0 Å². The molecule has 17 heavy (non-hydrogen) atoms.